The molecule has 1 fully saturated rings. The zero-order valence-electron chi connectivity index (χ0n) is 19.2. The molecule has 5 heteroatoms. The number of urea groups is 1. The van der Waals surface area contributed by atoms with Crippen LogP contribution >= 0.6 is 0 Å². The summed E-state index contributed by atoms with van der Waals surface area (Å²) in [6.07, 6.45) is 13.3. The molecule has 1 aliphatic heterocycles. The number of hydrogen-bond acceptors (Lipinski definition) is 3. The summed E-state index contributed by atoms with van der Waals surface area (Å²) in [4.78, 5) is 20.8. The van der Waals surface area contributed by atoms with E-state index in [4.69, 9.17) is 0 Å². The summed E-state index contributed by atoms with van der Waals surface area (Å²) in [6.45, 7) is 13.0. The van der Waals surface area contributed by atoms with E-state index in [2.05, 4.69) is 61.1 Å². The normalized spacial score (nSPS) is 15.8. The molecule has 30 heavy (non-hydrogen) atoms. The van der Waals surface area contributed by atoms with Gasteiger partial charge in [0.1, 0.15) is 5.82 Å². The number of nitrogens with one attached hydrogen (secondary N) is 1. The summed E-state index contributed by atoms with van der Waals surface area (Å²) < 4.78 is 0. The zero-order chi connectivity index (χ0) is 21.8. The maximum absolute atomic E-state index is 12.3. The van der Waals surface area contributed by atoms with Gasteiger partial charge in [0.05, 0.1) is 0 Å². The Morgan fingerprint density at radius 1 is 0.967 bits per heavy atom. The van der Waals surface area contributed by atoms with E-state index < -0.39 is 0 Å². The van der Waals surface area contributed by atoms with E-state index in [-0.39, 0.29) is 6.03 Å². The van der Waals surface area contributed by atoms with Gasteiger partial charge in [-0.2, -0.15) is 0 Å². The van der Waals surface area contributed by atoms with Crippen molar-refractivity contribution in [3.8, 4) is 0 Å². The number of nitrogens with zero attached hydrogens (tertiary/aromatic N) is 3. The Bertz CT molecular complexity index is 740. The Kier molecular flexibility index (Phi) is 10.4. The molecule has 1 aliphatic rings. The highest BCUT2D eigenvalue weighted by molar-refractivity contribution is 5.88. The fourth-order valence-electron chi connectivity index (χ4n) is 3.38. The van der Waals surface area contributed by atoms with Crippen molar-refractivity contribution in [3.05, 3.63) is 59.3 Å². The van der Waals surface area contributed by atoms with Crippen LogP contribution in [0.3, 0.4) is 0 Å². The molecule has 5 nitrogen and oxygen atoms in total. The molecule has 0 aliphatic carbocycles. The van der Waals surface area contributed by atoms with Gasteiger partial charge in [-0.15, -0.1) is 0 Å². The van der Waals surface area contributed by atoms with Gasteiger partial charge in [0.2, 0.25) is 0 Å². The highest BCUT2D eigenvalue weighted by Crippen LogP contribution is 2.12. The average molecular weight is 411 g/mol. The molecule has 1 aromatic rings. The molecule has 2 heterocycles. The Morgan fingerprint density at radius 3 is 2.27 bits per heavy atom. The standard InChI is InChI=1S/C25H38N4O/c1-21(2)9-7-10-22(3)11-8-12-23(4)14-16-28-17-19-29(20-18-28)25(30)27-24-13-5-6-15-26-24/h5-6,9,11,13-15H,7-8,10,12,16-20H2,1-4H3,(H,26,27,30)/b22-11+,23-14+. The molecule has 164 valence electrons. The van der Waals surface area contributed by atoms with Crippen LogP contribution in [0.1, 0.15) is 53.4 Å². The number of hydrogen-bond donors (Lipinski definition) is 1. The van der Waals surface area contributed by atoms with Gasteiger partial charge in [-0.25, -0.2) is 9.78 Å². The number of pyridine rings is 1. The Morgan fingerprint density at radius 2 is 1.63 bits per heavy atom. The van der Waals surface area contributed by atoms with Crippen LogP contribution < -0.4 is 5.32 Å². The molecular weight excluding hydrogens is 372 g/mol. The predicted molar refractivity (Wildman–Crippen MR) is 127 cm³/mol. The monoisotopic (exact) mass is 410 g/mol. The maximum Gasteiger partial charge on any atom is 0.323 e. The van der Waals surface area contributed by atoms with Gasteiger partial charge in [0.15, 0.2) is 0 Å². The molecule has 0 aromatic carbocycles. The first-order valence-corrected chi connectivity index (χ1v) is 11.1. The Balaban J connectivity index is 1.65. The summed E-state index contributed by atoms with van der Waals surface area (Å²) in [5.41, 5.74) is 4.33. The molecule has 2 amide bonds. The van der Waals surface area contributed by atoms with E-state index in [9.17, 15) is 4.79 Å². The second kappa shape index (κ2) is 13.0. The topological polar surface area (TPSA) is 48.5 Å². The van der Waals surface area contributed by atoms with Crippen molar-refractivity contribution in [3.63, 3.8) is 0 Å². The number of carbonyl (C=O) groups excluding carboxylic acids is 1. The summed E-state index contributed by atoms with van der Waals surface area (Å²) in [6, 6.07) is 5.46. The van der Waals surface area contributed by atoms with Crippen LogP contribution in [0.4, 0.5) is 10.6 Å². The fraction of sp³-hybridized carbons (Fsp3) is 0.520. The molecule has 0 saturated carbocycles. The third-order valence-electron chi connectivity index (χ3n) is 5.38. The highest BCUT2D eigenvalue weighted by atomic mass is 16.2. The smallest absolute Gasteiger partial charge is 0.322 e. The van der Waals surface area contributed by atoms with Crippen molar-refractivity contribution in [2.75, 3.05) is 38.0 Å². The van der Waals surface area contributed by atoms with Crippen LogP contribution in [0.5, 0.6) is 0 Å². The molecule has 1 saturated heterocycles. The Labute approximate surface area is 182 Å². The minimum atomic E-state index is -0.0631. The lowest BCUT2D eigenvalue weighted by Gasteiger charge is -2.34. The first kappa shape index (κ1) is 23.9. The lowest BCUT2D eigenvalue weighted by Crippen LogP contribution is -2.50. The van der Waals surface area contributed by atoms with Crippen molar-refractivity contribution < 1.29 is 4.79 Å². The van der Waals surface area contributed by atoms with Crippen LogP contribution in [-0.2, 0) is 0 Å². The molecule has 1 aromatic heterocycles. The number of piperazine rings is 1. The molecule has 0 spiro atoms. The quantitative estimate of drug-likeness (QED) is 0.535. The Hall–Kier alpha value is -2.40. The van der Waals surface area contributed by atoms with Crippen LogP contribution in [0, 0.1) is 0 Å². The number of allylic oxidation sites excluding steroid dienone is 5. The maximum atomic E-state index is 12.3. The number of anilines is 1. The van der Waals surface area contributed by atoms with Crippen molar-refractivity contribution in [2.45, 2.75) is 53.4 Å². The van der Waals surface area contributed by atoms with Crippen molar-refractivity contribution in [1.82, 2.24) is 14.8 Å². The van der Waals surface area contributed by atoms with Gasteiger partial charge in [-0.1, -0.05) is 41.0 Å². The third kappa shape index (κ3) is 9.40. The lowest BCUT2D eigenvalue weighted by molar-refractivity contribution is 0.155. The number of aromatic nitrogens is 1. The second-order valence-corrected chi connectivity index (χ2v) is 8.39. The van der Waals surface area contributed by atoms with E-state index in [1.165, 1.54) is 16.7 Å². The van der Waals surface area contributed by atoms with E-state index in [0.717, 1.165) is 58.4 Å². The van der Waals surface area contributed by atoms with E-state index in [1.54, 1.807) is 6.20 Å². The number of carbonyl (C=O) groups is 1. The summed E-state index contributed by atoms with van der Waals surface area (Å²) in [5, 5.41) is 2.86. The fourth-order valence-corrected chi connectivity index (χ4v) is 3.38. The van der Waals surface area contributed by atoms with Crippen LogP contribution in [0.2, 0.25) is 0 Å². The molecule has 0 unspecified atom stereocenters. The summed E-state index contributed by atoms with van der Waals surface area (Å²) >= 11 is 0. The minimum Gasteiger partial charge on any atom is -0.322 e. The number of rotatable bonds is 9. The zero-order valence-corrected chi connectivity index (χ0v) is 19.2. The van der Waals surface area contributed by atoms with Gasteiger partial charge in [-0.3, -0.25) is 10.2 Å². The first-order chi connectivity index (χ1) is 14.4. The second-order valence-electron chi connectivity index (χ2n) is 8.39. The van der Waals surface area contributed by atoms with Crippen molar-refractivity contribution in [1.29, 1.82) is 0 Å². The van der Waals surface area contributed by atoms with Gasteiger partial charge in [0.25, 0.3) is 0 Å². The molecule has 2 rings (SSSR count). The highest BCUT2D eigenvalue weighted by Gasteiger charge is 2.20. The van der Waals surface area contributed by atoms with Crippen molar-refractivity contribution in [2.24, 2.45) is 0 Å². The molecule has 0 bridgehead atoms. The largest absolute Gasteiger partial charge is 0.323 e. The molecule has 0 atom stereocenters. The number of amides is 2. The average Bonchev–Trinajstić information content (AvgIpc) is 2.73. The van der Waals surface area contributed by atoms with Crippen molar-refractivity contribution >= 4 is 11.8 Å². The van der Waals surface area contributed by atoms with E-state index >= 15 is 0 Å². The van der Waals surface area contributed by atoms with Crippen LogP contribution in [0.25, 0.3) is 0 Å². The van der Waals surface area contributed by atoms with E-state index in [1.807, 2.05) is 23.1 Å². The van der Waals surface area contributed by atoms with Gasteiger partial charge < -0.3 is 4.90 Å². The minimum absolute atomic E-state index is 0.0631. The lowest BCUT2D eigenvalue weighted by atomic mass is 10.1. The van der Waals surface area contributed by atoms with Crippen LogP contribution in [0.15, 0.2) is 59.3 Å². The third-order valence-corrected chi connectivity index (χ3v) is 5.38. The molecule has 0 radical (unpaired) electrons. The molecular formula is C25H38N4O. The van der Waals surface area contributed by atoms with Crippen LogP contribution in [-0.4, -0.2) is 53.5 Å². The van der Waals surface area contributed by atoms with E-state index in [0.29, 0.717) is 5.82 Å². The van der Waals surface area contributed by atoms with Gasteiger partial charge in [0, 0.05) is 38.9 Å². The molecule has 1 N–H and O–H groups in total. The van der Waals surface area contributed by atoms with Gasteiger partial charge in [-0.05, 0) is 65.5 Å². The summed E-state index contributed by atoms with van der Waals surface area (Å²) in [7, 11) is 0. The predicted octanol–water partition coefficient (Wildman–Crippen LogP) is 5.65. The first-order valence-electron chi connectivity index (χ1n) is 11.1. The van der Waals surface area contributed by atoms with Gasteiger partial charge >= 0.3 is 6.03 Å². The SMILES string of the molecule is CC(C)=CCC/C(C)=C/CC/C(C)=C/CN1CCN(C(=O)Nc2ccccn2)CC1. The summed E-state index contributed by atoms with van der Waals surface area (Å²) in [5.74, 6) is 0.602.